The lowest BCUT2D eigenvalue weighted by Crippen LogP contribution is -2.40. The molecule has 28 heavy (non-hydrogen) atoms. The highest BCUT2D eigenvalue weighted by Crippen LogP contribution is 2.37. The van der Waals surface area contributed by atoms with Gasteiger partial charge < -0.3 is 15.8 Å². The van der Waals surface area contributed by atoms with Gasteiger partial charge >= 0.3 is 0 Å². The highest BCUT2D eigenvalue weighted by atomic mass is 19.1. The summed E-state index contributed by atoms with van der Waals surface area (Å²) < 4.78 is 20.4. The Bertz CT molecular complexity index is 1050. The first-order valence-electron chi connectivity index (χ1n) is 9.37. The molecule has 1 aliphatic rings. The second kappa shape index (κ2) is 7.42. The van der Waals surface area contributed by atoms with Crippen LogP contribution in [0.3, 0.4) is 0 Å². The Morgan fingerprint density at radius 2 is 2.04 bits per heavy atom. The van der Waals surface area contributed by atoms with E-state index in [0.717, 1.165) is 19.3 Å². The Morgan fingerprint density at radius 3 is 2.75 bits per heavy atom. The number of anilines is 1. The van der Waals surface area contributed by atoms with E-state index in [9.17, 15) is 9.18 Å². The first kappa shape index (κ1) is 18.2. The van der Waals surface area contributed by atoms with Crippen molar-refractivity contribution in [2.24, 2.45) is 0 Å². The van der Waals surface area contributed by atoms with E-state index in [0.29, 0.717) is 28.8 Å². The minimum atomic E-state index is -0.458. The molecule has 3 N–H and O–H groups in total. The second-order valence-corrected chi connectivity index (χ2v) is 6.81. The predicted molar refractivity (Wildman–Crippen MR) is 106 cm³/mol. The summed E-state index contributed by atoms with van der Waals surface area (Å²) in [6.07, 6.45) is 3.01. The van der Waals surface area contributed by atoms with E-state index in [4.69, 9.17) is 10.5 Å². The fourth-order valence-electron chi connectivity index (χ4n) is 3.35. The molecule has 0 saturated heterocycles. The van der Waals surface area contributed by atoms with Crippen LogP contribution in [0, 0.1) is 5.82 Å². The highest BCUT2D eigenvalue weighted by molar-refractivity contribution is 6.08. The number of halogens is 1. The zero-order valence-electron chi connectivity index (χ0n) is 15.5. The molecule has 1 saturated carbocycles. The lowest BCUT2D eigenvalue weighted by atomic mass is 9.93. The van der Waals surface area contributed by atoms with Gasteiger partial charge in [-0.3, -0.25) is 4.79 Å². The summed E-state index contributed by atoms with van der Waals surface area (Å²) in [6, 6.07) is 10.2. The van der Waals surface area contributed by atoms with Crippen molar-refractivity contribution in [1.29, 1.82) is 0 Å². The number of hydrogen-bond donors (Lipinski definition) is 2. The summed E-state index contributed by atoms with van der Waals surface area (Å²) in [5.74, 6) is -0.263. The Hall–Kier alpha value is -3.22. The number of para-hydroxylation sites is 1. The maximum Gasteiger partial charge on any atom is 0.274 e. The van der Waals surface area contributed by atoms with Gasteiger partial charge in [0, 0.05) is 22.6 Å². The Balaban J connectivity index is 1.84. The van der Waals surface area contributed by atoms with E-state index in [2.05, 4.69) is 15.5 Å². The van der Waals surface area contributed by atoms with Gasteiger partial charge in [0.15, 0.2) is 5.69 Å². The number of hydrogen-bond acceptors (Lipinski definition) is 5. The van der Waals surface area contributed by atoms with Crippen molar-refractivity contribution in [2.75, 3.05) is 12.3 Å². The van der Waals surface area contributed by atoms with Crippen LogP contribution in [0.25, 0.3) is 22.0 Å². The minimum Gasteiger partial charge on any atom is -0.493 e. The second-order valence-electron chi connectivity index (χ2n) is 6.81. The smallest absolute Gasteiger partial charge is 0.274 e. The number of nitrogens with two attached hydrogens (primary N) is 1. The van der Waals surface area contributed by atoms with Crippen molar-refractivity contribution in [1.82, 2.24) is 15.5 Å². The van der Waals surface area contributed by atoms with Crippen molar-refractivity contribution in [2.45, 2.75) is 32.2 Å². The van der Waals surface area contributed by atoms with Crippen LogP contribution in [0.1, 0.15) is 36.7 Å². The van der Waals surface area contributed by atoms with Crippen LogP contribution in [0.5, 0.6) is 5.75 Å². The third-order valence-corrected chi connectivity index (χ3v) is 5.03. The number of carbonyl (C=O) groups is 1. The van der Waals surface area contributed by atoms with Crippen LogP contribution >= 0.6 is 0 Å². The molecule has 3 aromatic rings. The number of nitrogen functional groups attached to an aromatic ring is 1. The fourth-order valence-corrected chi connectivity index (χ4v) is 3.35. The van der Waals surface area contributed by atoms with Crippen molar-refractivity contribution in [3.05, 3.63) is 47.9 Å². The number of benzene rings is 2. The van der Waals surface area contributed by atoms with Crippen molar-refractivity contribution in [3.8, 4) is 16.9 Å². The normalized spacial score (nSPS) is 13.9. The molecule has 0 radical (unpaired) electrons. The number of fused-ring (bicyclic) bond motifs is 1. The largest absolute Gasteiger partial charge is 0.493 e. The molecule has 1 amide bonds. The quantitative estimate of drug-likeness (QED) is 0.704. The molecule has 6 nitrogen and oxygen atoms in total. The lowest BCUT2D eigenvalue weighted by molar-refractivity contribution is 0.0912. The van der Waals surface area contributed by atoms with Crippen LogP contribution in [0.15, 0.2) is 36.4 Å². The van der Waals surface area contributed by atoms with Gasteiger partial charge in [-0.1, -0.05) is 18.2 Å². The van der Waals surface area contributed by atoms with Gasteiger partial charge in [-0.15, -0.1) is 10.2 Å². The molecule has 0 spiro atoms. The highest BCUT2D eigenvalue weighted by Gasteiger charge is 2.24. The zero-order valence-corrected chi connectivity index (χ0v) is 15.5. The van der Waals surface area contributed by atoms with Gasteiger partial charge in [-0.25, -0.2) is 4.39 Å². The average molecular weight is 380 g/mol. The van der Waals surface area contributed by atoms with E-state index >= 15 is 0 Å². The van der Waals surface area contributed by atoms with Crippen molar-refractivity contribution in [3.63, 3.8) is 0 Å². The molecular weight excluding hydrogens is 359 g/mol. The molecule has 4 rings (SSSR count). The summed E-state index contributed by atoms with van der Waals surface area (Å²) in [5.41, 5.74) is 7.60. The Kier molecular flexibility index (Phi) is 4.81. The molecule has 1 aromatic heterocycles. The minimum absolute atomic E-state index is 0.0649. The number of carbonyl (C=O) groups excluding carboxylic acids is 1. The number of amides is 1. The van der Waals surface area contributed by atoms with Crippen molar-refractivity contribution < 1.29 is 13.9 Å². The van der Waals surface area contributed by atoms with E-state index < -0.39 is 5.82 Å². The average Bonchev–Trinajstić information content (AvgIpc) is 2.66. The predicted octanol–water partition coefficient (Wildman–Crippen LogP) is 3.70. The summed E-state index contributed by atoms with van der Waals surface area (Å²) in [5, 5.41) is 11.6. The van der Waals surface area contributed by atoms with E-state index in [-0.39, 0.29) is 28.9 Å². The monoisotopic (exact) mass is 380 g/mol. The molecule has 0 aliphatic heterocycles. The van der Waals surface area contributed by atoms with Crippen LogP contribution in [0.4, 0.5) is 10.1 Å². The first-order chi connectivity index (χ1) is 13.6. The molecule has 1 fully saturated rings. The molecule has 1 heterocycles. The number of rotatable bonds is 5. The zero-order chi connectivity index (χ0) is 19.7. The standard InChI is InChI=1S/C21H21FN4O2/c1-2-28-16-9-4-3-8-13(16)17-15(22)11-10-14-18(23)20(26-25-19(14)17)21(27)24-12-6-5-7-12/h3-4,8-12H,2,5-7H2,1H3,(H2,23,25)(H,24,27). The number of nitrogens with zero attached hydrogens (tertiary/aromatic N) is 2. The SMILES string of the molecule is CCOc1ccccc1-c1c(F)ccc2c(N)c(C(=O)NC3CCC3)nnc12. The van der Waals surface area contributed by atoms with Gasteiger partial charge in [-0.05, 0) is 44.4 Å². The third kappa shape index (κ3) is 3.13. The van der Waals surface area contributed by atoms with Gasteiger partial charge in [0.05, 0.1) is 12.3 Å². The molecule has 1 aliphatic carbocycles. The van der Waals surface area contributed by atoms with Gasteiger partial charge in [0.1, 0.15) is 17.1 Å². The van der Waals surface area contributed by atoms with E-state index in [1.807, 2.05) is 13.0 Å². The molecule has 2 aromatic carbocycles. The van der Waals surface area contributed by atoms with Gasteiger partial charge in [-0.2, -0.15) is 0 Å². The topological polar surface area (TPSA) is 90.1 Å². The Morgan fingerprint density at radius 1 is 1.25 bits per heavy atom. The summed E-state index contributed by atoms with van der Waals surface area (Å²) in [6.45, 7) is 2.31. The fraction of sp³-hybridized carbons (Fsp3) is 0.286. The molecule has 7 heteroatoms. The molecule has 0 atom stereocenters. The molecule has 144 valence electrons. The summed E-state index contributed by atoms with van der Waals surface area (Å²) in [7, 11) is 0. The van der Waals surface area contributed by atoms with E-state index in [1.165, 1.54) is 12.1 Å². The van der Waals surface area contributed by atoms with Gasteiger partial charge in [0.2, 0.25) is 0 Å². The van der Waals surface area contributed by atoms with Crippen LogP contribution in [0.2, 0.25) is 0 Å². The molecule has 0 bridgehead atoms. The van der Waals surface area contributed by atoms with Crippen LogP contribution in [-0.4, -0.2) is 28.8 Å². The third-order valence-electron chi connectivity index (χ3n) is 5.03. The van der Waals surface area contributed by atoms with Gasteiger partial charge in [0.25, 0.3) is 5.91 Å². The number of ether oxygens (including phenoxy) is 1. The molecular formula is C21H21FN4O2. The van der Waals surface area contributed by atoms with E-state index in [1.54, 1.807) is 18.2 Å². The maximum atomic E-state index is 14.8. The van der Waals surface area contributed by atoms with Crippen LogP contribution < -0.4 is 15.8 Å². The molecule has 0 unspecified atom stereocenters. The van der Waals surface area contributed by atoms with Crippen LogP contribution in [-0.2, 0) is 0 Å². The number of nitrogens with one attached hydrogen (secondary N) is 1. The Labute approximate surface area is 161 Å². The number of aromatic nitrogens is 2. The summed E-state index contributed by atoms with van der Waals surface area (Å²) in [4.78, 5) is 12.5. The summed E-state index contributed by atoms with van der Waals surface area (Å²) >= 11 is 0. The van der Waals surface area contributed by atoms with Crippen molar-refractivity contribution >= 4 is 22.5 Å². The lowest BCUT2D eigenvalue weighted by Gasteiger charge is -2.26. The maximum absolute atomic E-state index is 14.8. The first-order valence-corrected chi connectivity index (χ1v) is 9.37.